The molecule has 11 heteroatoms. The Bertz CT molecular complexity index is 828. The molecule has 1 rings (SSSR count). The summed E-state index contributed by atoms with van der Waals surface area (Å²) in [6.07, 6.45) is -7.37. The van der Waals surface area contributed by atoms with Crippen LogP contribution in [0.3, 0.4) is 0 Å². The molecule has 0 fully saturated rings. The number of alkyl carbamates (subject to hydrolysis) is 1. The summed E-state index contributed by atoms with van der Waals surface area (Å²) in [7, 11) is -2.34. The number of alkyl halides is 3. The first-order chi connectivity index (χ1) is 15.1. The molecule has 0 aliphatic heterocycles. The zero-order valence-corrected chi connectivity index (χ0v) is 22.7. The topological polar surface area (TPSA) is 67.8 Å². The summed E-state index contributed by atoms with van der Waals surface area (Å²) in [5.74, 6) is -1.25. The van der Waals surface area contributed by atoms with Crippen LogP contribution in [-0.2, 0) is 15.3 Å². The maximum atomic E-state index is 14.5. The fraction of sp³-hybridized carbons (Fsp3) is 0.696. The predicted octanol–water partition coefficient (Wildman–Crippen LogP) is 7.23. The number of nitrogens with one attached hydrogen (secondary N) is 1. The van der Waals surface area contributed by atoms with Crippen LogP contribution >= 0.6 is 11.6 Å². The maximum Gasteiger partial charge on any atom is 0.416 e. The van der Waals surface area contributed by atoms with E-state index in [1.165, 1.54) is 0 Å². The van der Waals surface area contributed by atoms with E-state index in [0.29, 0.717) is 12.1 Å². The zero-order chi connectivity index (χ0) is 26.7. The van der Waals surface area contributed by atoms with E-state index in [-0.39, 0.29) is 24.4 Å². The van der Waals surface area contributed by atoms with Crippen molar-refractivity contribution in [2.45, 2.75) is 96.5 Å². The van der Waals surface area contributed by atoms with Gasteiger partial charge in [-0.25, -0.2) is 9.18 Å². The Morgan fingerprint density at radius 1 is 1.15 bits per heavy atom. The first-order valence-corrected chi connectivity index (χ1v) is 14.3. The second-order valence-electron chi connectivity index (χ2n) is 10.8. The highest BCUT2D eigenvalue weighted by atomic mass is 35.5. The maximum absolute atomic E-state index is 14.5. The van der Waals surface area contributed by atoms with Gasteiger partial charge < -0.3 is 19.6 Å². The van der Waals surface area contributed by atoms with Crippen LogP contribution in [-0.4, -0.2) is 37.8 Å². The third-order valence-corrected chi connectivity index (χ3v) is 10.5. The van der Waals surface area contributed by atoms with Crippen LogP contribution in [0.15, 0.2) is 12.1 Å². The molecule has 0 aromatic heterocycles. The molecule has 2 N–H and O–H groups in total. The predicted molar refractivity (Wildman–Crippen MR) is 127 cm³/mol. The molecular weight excluding hydrogens is 494 g/mol. The van der Waals surface area contributed by atoms with Crippen molar-refractivity contribution in [2.24, 2.45) is 0 Å². The third-order valence-electron chi connectivity index (χ3n) is 5.63. The largest absolute Gasteiger partial charge is 0.444 e. The van der Waals surface area contributed by atoms with E-state index in [2.05, 4.69) is 5.32 Å². The Kier molecular flexibility index (Phi) is 10.0. The van der Waals surface area contributed by atoms with Crippen LogP contribution in [0.1, 0.15) is 71.6 Å². The van der Waals surface area contributed by atoms with Gasteiger partial charge in [-0.05, 0) is 57.5 Å². The van der Waals surface area contributed by atoms with Gasteiger partial charge >= 0.3 is 12.3 Å². The van der Waals surface area contributed by atoms with Crippen LogP contribution < -0.4 is 5.32 Å². The van der Waals surface area contributed by atoms with Crippen molar-refractivity contribution in [3.8, 4) is 0 Å². The van der Waals surface area contributed by atoms with E-state index < -0.39 is 60.4 Å². The first-order valence-electron chi connectivity index (χ1n) is 11.0. The number of hydrogen-bond donors (Lipinski definition) is 2. The second kappa shape index (κ2) is 11.1. The number of carbonyl (C=O) groups excluding carboxylic acids is 1. The van der Waals surface area contributed by atoms with E-state index in [1.807, 2.05) is 33.9 Å². The Hall–Kier alpha value is -1.36. The van der Waals surface area contributed by atoms with E-state index in [0.717, 1.165) is 0 Å². The highest BCUT2D eigenvalue weighted by molar-refractivity contribution is 6.74. The SMILES string of the molecule is CC(C)(C)OC(=O)NCC[C@@H](CC(O)c1c(F)cc(C(F)(F)F)cc1Cl)O[Si](C)(C)C(C)(C)C. The van der Waals surface area contributed by atoms with Gasteiger partial charge in [0.15, 0.2) is 8.32 Å². The quantitative estimate of drug-likeness (QED) is 0.275. The highest BCUT2D eigenvalue weighted by Gasteiger charge is 2.40. The number of hydrogen-bond acceptors (Lipinski definition) is 4. The first kappa shape index (κ1) is 30.7. The molecule has 0 aliphatic rings. The van der Waals surface area contributed by atoms with Gasteiger partial charge in [0.1, 0.15) is 11.4 Å². The Balaban J connectivity index is 3.08. The van der Waals surface area contributed by atoms with Crippen molar-refractivity contribution < 1.29 is 36.6 Å². The summed E-state index contributed by atoms with van der Waals surface area (Å²) in [5, 5.41) is 12.7. The molecule has 0 saturated heterocycles. The van der Waals surface area contributed by atoms with Crippen molar-refractivity contribution >= 4 is 26.0 Å². The van der Waals surface area contributed by atoms with Crippen molar-refractivity contribution in [2.75, 3.05) is 6.54 Å². The lowest BCUT2D eigenvalue weighted by molar-refractivity contribution is -0.137. The van der Waals surface area contributed by atoms with Gasteiger partial charge in [0.25, 0.3) is 0 Å². The molecule has 34 heavy (non-hydrogen) atoms. The van der Waals surface area contributed by atoms with Gasteiger partial charge in [-0.15, -0.1) is 0 Å². The van der Waals surface area contributed by atoms with Gasteiger partial charge in [0, 0.05) is 29.7 Å². The third kappa shape index (κ3) is 9.35. The monoisotopic (exact) mass is 529 g/mol. The van der Waals surface area contributed by atoms with Gasteiger partial charge in [-0.1, -0.05) is 32.4 Å². The normalized spacial score (nSPS) is 15.1. The molecule has 0 aliphatic carbocycles. The Labute approximate surface area is 205 Å². The molecular formula is C23H36ClF4NO4Si. The summed E-state index contributed by atoms with van der Waals surface area (Å²) in [5.41, 5.74) is -2.33. The summed E-state index contributed by atoms with van der Waals surface area (Å²) in [6, 6.07) is 0.912. The van der Waals surface area contributed by atoms with Gasteiger partial charge in [0.2, 0.25) is 0 Å². The Morgan fingerprint density at radius 3 is 2.15 bits per heavy atom. The number of aliphatic hydroxyl groups is 1. The van der Waals surface area contributed by atoms with Crippen molar-refractivity contribution in [1.29, 1.82) is 0 Å². The van der Waals surface area contributed by atoms with Crippen molar-refractivity contribution in [3.05, 3.63) is 34.1 Å². The molecule has 0 heterocycles. The number of benzene rings is 1. The second-order valence-corrected chi connectivity index (χ2v) is 16.0. The fourth-order valence-electron chi connectivity index (χ4n) is 2.90. The van der Waals surface area contributed by atoms with Crippen LogP contribution in [0, 0.1) is 5.82 Å². The number of amides is 1. The minimum absolute atomic E-state index is 0.121. The van der Waals surface area contributed by atoms with Crippen molar-refractivity contribution in [1.82, 2.24) is 5.32 Å². The molecule has 0 saturated carbocycles. The average molecular weight is 530 g/mol. The molecule has 1 unspecified atom stereocenters. The lowest BCUT2D eigenvalue weighted by Gasteiger charge is -2.40. The molecule has 1 aromatic carbocycles. The number of carbonyl (C=O) groups is 1. The zero-order valence-electron chi connectivity index (χ0n) is 21.0. The number of ether oxygens (including phenoxy) is 1. The van der Waals surface area contributed by atoms with E-state index >= 15 is 0 Å². The molecule has 5 nitrogen and oxygen atoms in total. The molecule has 0 spiro atoms. The highest BCUT2D eigenvalue weighted by Crippen LogP contribution is 2.40. The molecule has 1 aromatic rings. The van der Waals surface area contributed by atoms with Crippen molar-refractivity contribution in [3.63, 3.8) is 0 Å². The Morgan fingerprint density at radius 2 is 1.71 bits per heavy atom. The van der Waals surface area contributed by atoms with E-state index in [4.69, 9.17) is 20.8 Å². The van der Waals surface area contributed by atoms with Crippen LogP contribution in [0.4, 0.5) is 22.4 Å². The standard InChI is InChI=1S/C23H36ClF4NO4Si/c1-21(2,3)32-20(31)29-10-9-15(33-34(7,8)22(4,5)6)13-18(30)19-16(24)11-14(12-17(19)25)23(26,27)28/h11-12,15,18,30H,9-10,13H2,1-8H3,(H,29,31)/t15-,18?/m0/s1. The molecule has 1 amide bonds. The van der Waals surface area contributed by atoms with Gasteiger partial charge in [-0.3, -0.25) is 0 Å². The molecule has 0 radical (unpaired) electrons. The minimum atomic E-state index is -4.77. The lowest BCUT2D eigenvalue weighted by Crippen LogP contribution is -2.45. The molecule has 0 bridgehead atoms. The fourth-order valence-corrected chi connectivity index (χ4v) is 4.64. The van der Waals surface area contributed by atoms with Crippen LogP contribution in [0.2, 0.25) is 23.2 Å². The van der Waals surface area contributed by atoms with Crippen LogP contribution in [0.5, 0.6) is 0 Å². The molecule has 196 valence electrons. The van der Waals surface area contributed by atoms with Gasteiger partial charge in [0.05, 0.1) is 11.7 Å². The molecule has 2 atom stereocenters. The van der Waals surface area contributed by atoms with Gasteiger partial charge in [-0.2, -0.15) is 13.2 Å². The number of aliphatic hydroxyl groups excluding tert-OH is 1. The van der Waals surface area contributed by atoms with Crippen LogP contribution in [0.25, 0.3) is 0 Å². The number of rotatable bonds is 8. The number of halogens is 5. The summed E-state index contributed by atoms with van der Waals surface area (Å²) in [6.45, 7) is 15.4. The van der Waals surface area contributed by atoms with E-state index in [9.17, 15) is 27.5 Å². The summed E-state index contributed by atoms with van der Waals surface area (Å²) < 4.78 is 65.0. The lowest BCUT2D eigenvalue weighted by atomic mass is 9.99. The minimum Gasteiger partial charge on any atom is -0.444 e. The summed E-state index contributed by atoms with van der Waals surface area (Å²) in [4.78, 5) is 12.0. The van der Waals surface area contributed by atoms with E-state index in [1.54, 1.807) is 20.8 Å². The summed E-state index contributed by atoms with van der Waals surface area (Å²) >= 11 is 5.93. The average Bonchev–Trinajstić information content (AvgIpc) is 2.57. The smallest absolute Gasteiger partial charge is 0.416 e.